The van der Waals surface area contributed by atoms with Gasteiger partial charge in [-0.05, 0) is 64.2 Å². The number of ether oxygens (including phenoxy) is 2. The summed E-state index contributed by atoms with van der Waals surface area (Å²) in [4.78, 5) is 45.9. The van der Waals surface area contributed by atoms with Crippen LogP contribution in [0.5, 0.6) is 0 Å². The molecule has 56 heavy (non-hydrogen) atoms. The Balaban J connectivity index is 4.50. The highest BCUT2D eigenvalue weighted by Gasteiger charge is 2.28. The zero-order valence-corrected chi connectivity index (χ0v) is 35.6. The molecule has 0 aliphatic rings. The van der Waals surface area contributed by atoms with Crippen molar-refractivity contribution in [2.75, 3.05) is 19.8 Å². The summed E-state index contributed by atoms with van der Waals surface area (Å²) in [7, 11) is -4.75. The third kappa shape index (κ3) is 35.1. The SMILES string of the molecule is CCCCC/C=C\C[C@H](O)[C@@H](O)CCCCCCCC(=O)O[C@H](COC(=O)CCCCCCCCC/C=C\CCCCCC)COP(=O)(O)OC[C@H](N)C(=O)O. The minimum absolute atomic E-state index is 0.0625. The number of carbonyl (C=O) groups excluding carboxylic acids is 2. The number of unbranched alkanes of at least 4 members (excludes halogenated alkanes) is 18. The summed E-state index contributed by atoms with van der Waals surface area (Å²) in [6, 6.07) is -1.55. The van der Waals surface area contributed by atoms with Crippen LogP contribution in [0.4, 0.5) is 0 Å². The Kier molecular flexibility index (Phi) is 35.8. The average molecular weight is 820 g/mol. The van der Waals surface area contributed by atoms with Gasteiger partial charge in [0.25, 0.3) is 0 Å². The van der Waals surface area contributed by atoms with Gasteiger partial charge in [0.1, 0.15) is 12.6 Å². The van der Waals surface area contributed by atoms with Crippen LogP contribution in [0, 0.1) is 0 Å². The third-order valence-corrected chi connectivity index (χ3v) is 10.3. The van der Waals surface area contributed by atoms with Gasteiger partial charge in [0.15, 0.2) is 6.10 Å². The number of rotatable bonds is 40. The van der Waals surface area contributed by atoms with Crippen molar-refractivity contribution in [3.05, 3.63) is 24.3 Å². The zero-order valence-electron chi connectivity index (χ0n) is 34.7. The van der Waals surface area contributed by atoms with E-state index in [0.29, 0.717) is 25.7 Å². The fraction of sp³-hybridized carbons (Fsp3) is 0.833. The number of esters is 2. The molecule has 0 aliphatic carbocycles. The number of aliphatic hydroxyl groups excluding tert-OH is 2. The molecular weight excluding hydrogens is 741 g/mol. The summed E-state index contributed by atoms with van der Waals surface area (Å²) in [5.74, 6) is -2.51. The molecule has 0 radical (unpaired) electrons. The molecule has 5 atom stereocenters. The second-order valence-corrected chi connectivity index (χ2v) is 16.2. The lowest BCUT2D eigenvalue weighted by atomic mass is 10.0. The first-order valence-corrected chi connectivity index (χ1v) is 23.0. The molecule has 0 saturated heterocycles. The third-order valence-electron chi connectivity index (χ3n) is 9.37. The van der Waals surface area contributed by atoms with E-state index in [-0.39, 0.29) is 12.8 Å². The van der Waals surface area contributed by atoms with Gasteiger partial charge in [-0.2, -0.15) is 0 Å². The molecule has 0 rings (SSSR count). The van der Waals surface area contributed by atoms with E-state index >= 15 is 0 Å². The number of phosphoric acid groups is 1. The number of phosphoric ester groups is 1. The van der Waals surface area contributed by atoms with Crippen LogP contribution in [-0.2, 0) is 37.5 Å². The summed E-state index contributed by atoms with van der Waals surface area (Å²) in [6.45, 7) is 2.57. The normalized spacial score (nSPS) is 15.1. The highest BCUT2D eigenvalue weighted by atomic mass is 31.2. The van der Waals surface area contributed by atoms with E-state index in [0.717, 1.165) is 77.0 Å². The Morgan fingerprint density at radius 2 is 1.07 bits per heavy atom. The number of hydrogen-bond acceptors (Lipinski definition) is 11. The largest absolute Gasteiger partial charge is 0.480 e. The lowest BCUT2D eigenvalue weighted by molar-refractivity contribution is -0.161. The second-order valence-electron chi connectivity index (χ2n) is 14.8. The Hall–Kier alpha value is -2.12. The Morgan fingerprint density at radius 1 is 0.607 bits per heavy atom. The molecule has 328 valence electrons. The van der Waals surface area contributed by atoms with Gasteiger partial charge in [0, 0.05) is 12.8 Å². The number of nitrogens with two attached hydrogens (primary N) is 1. The van der Waals surface area contributed by atoms with E-state index in [2.05, 4.69) is 36.6 Å². The van der Waals surface area contributed by atoms with Crippen molar-refractivity contribution in [1.29, 1.82) is 0 Å². The van der Waals surface area contributed by atoms with Gasteiger partial charge < -0.3 is 35.4 Å². The minimum atomic E-state index is -4.75. The molecule has 0 aliphatic heterocycles. The molecule has 0 amide bonds. The molecule has 0 bridgehead atoms. The summed E-state index contributed by atoms with van der Waals surface area (Å²) < 4.78 is 32.6. The van der Waals surface area contributed by atoms with Crippen LogP contribution in [0.25, 0.3) is 0 Å². The Bertz CT molecular complexity index is 1090. The molecule has 0 fully saturated rings. The van der Waals surface area contributed by atoms with Gasteiger partial charge in [0.2, 0.25) is 0 Å². The maximum atomic E-state index is 12.6. The van der Waals surface area contributed by atoms with Crippen molar-refractivity contribution < 1.29 is 57.7 Å². The molecule has 0 aromatic rings. The summed E-state index contributed by atoms with van der Waals surface area (Å²) in [6.07, 6.45) is 29.8. The van der Waals surface area contributed by atoms with Crippen molar-refractivity contribution in [1.82, 2.24) is 0 Å². The van der Waals surface area contributed by atoms with Gasteiger partial charge in [-0.25, -0.2) is 4.57 Å². The first-order chi connectivity index (χ1) is 26.9. The predicted octanol–water partition coefficient (Wildman–Crippen LogP) is 9.00. The summed E-state index contributed by atoms with van der Waals surface area (Å²) in [5, 5.41) is 29.3. The molecule has 0 spiro atoms. The van der Waals surface area contributed by atoms with Crippen LogP contribution in [0.15, 0.2) is 24.3 Å². The van der Waals surface area contributed by atoms with Crippen molar-refractivity contribution in [2.45, 2.75) is 205 Å². The first kappa shape index (κ1) is 53.9. The quantitative estimate of drug-likeness (QED) is 0.0169. The maximum Gasteiger partial charge on any atom is 0.472 e. The average Bonchev–Trinajstić information content (AvgIpc) is 3.17. The number of carboxylic acids is 1. The van der Waals surface area contributed by atoms with Gasteiger partial charge in [-0.15, -0.1) is 0 Å². The number of allylic oxidation sites excluding steroid dienone is 3. The van der Waals surface area contributed by atoms with Crippen molar-refractivity contribution in [2.24, 2.45) is 5.73 Å². The molecule has 14 heteroatoms. The monoisotopic (exact) mass is 820 g/mol. The van der Waals surface area contributed by atoms with Crippen molar-refractivity contribution in [3.63, 3.8) is 0 Å². The molecule has 6 N–H and O–H groups in total. The van der Waals surface area contributed by atoms with Gasteiger partial charge in [0.05, 0.1) is 25.4 Å². The number of aliphatic hydroxyl groups is 2. The lowest BCUT2D eigenvalue weighted by Crippen LogP contribution is -2.34. The van der Waals surface area contributed by atoms with E-state index in [1.807, 2.05) is 6.08 Å². The number of carboxylic acid groups (broad SMARTS) is 1. The molecule has 13 nitrogen and oxygen atoms in total. The topological polar surface area (TPSA) is 212 Å². The number of aliphatic carboxylic acids is 1. The molecular formula is C42H78NO12P. The molecule has 0 saturated carbocycles. The molecule has 0 aromatic carbocycles. The molecule has 0 aromatic heterocycles. The van der Waals surface area contributed by atoms with E-state index in [9.17, 15) is 34.1 Å². The standard InChI is InChI=1S/C42H78NO12P/c1-3-5-7-9-11-12-13-14-15-16-17-18-19-23-27-31-40(46)52-33-36(34-53-56(50,51)54-35-37(43)42(48)49)55-41(47)32-28-24-20-22-26-30-39(45)38(44)29-25-21-10-8-6-4-2/h12-13,21,25,36-39,44-45H,3-11,14-20,22-24,26-35,43H2,1-2H3,(H,48,49)(H,50,51)/b13-12-,25-21-/t36-,37+,38+,39+/m1/s1. The number of hydrogen-bond donors (Lipinski definition) is 5. The summed E-state index contributed by atoms with van der Waals surface area (Å²) in [5.41, 5.74) is 5.32. The number of carbonyl (C=O) groups is 3. The fourth-order valence-electron chi connectivity index (χ4n) is 5.79. The van der Waals surface area contributed by atoms with Crippen LogP contribution >= 0.6 is 7.82 Å². The van der Waals surface area contributed by atoms with Crippen LogP contribution in [-0.4, -0.2) is 82.3 Å². The molecule has 1 unspecified atom stereocenters. The van der Waals surface area contributed by atoms with Crippen molar-refractivity contribution >= 4 is 25.7 Å². The van der Waals surface area contributed by atoms with Gasteiger partial charge >= 0.3 is 25.7 Å². The first-order valence-electron chi connectivity index (χ1n) is 21.5. The second kappa shape index (κ2) is 37.2. The van der Waals surface area contributed by atoms with Crippen LogP contribution in [0.2, 0.25) is 0 Å². The predicted molar refractivity (Wildman–Crippen MR) is 220 cm³/mol. The minimum Gasteiger partial charge on any atom is -0.480 e. The van der Waals surface area contributed by atoms with E-state index in [1.54, 1.807) is 0 Å². The summed E-state index contributed by atoms with van der Waals surface area (Å²) >= 11 is 0. The van der Waals surface area contributed by atoms with E-state index in [1.165, 1.54) is 51.4 Å². The van der Waals surface area contributed by atoms with Gasteiger partial charge in [-0.3, -0.25) is 23.4 Å². The van der Waals surface area contributed by atoms with E-state index in [4.69, 9.17) is 24.8 Å². The Morgan fingerprint density at radius 3 is 1.66 bits per heavy atom. The van der Waals surface area contributed by atoms with Crippen LogP contribution < -0.4 is 5.73 Å². The van der Waals surface area contributed by atoms with E-state index < -0.39 is 69.9 Å². The lowest BCUT2D eigenvalue weighted by Gasteiger charge is -2.20. The van der Waals surface area contributed by atoms with Crippen LogP contribution in [0.3, 0.4) is 0 Å². The maximum absolute atomic E-state index is 12.6. The van der Waals surface area contributed by atoms with Crippen molar-refractivity contribution in [3.8, 4) is 0 Å². The highest BCUT2D eigenvalue weighted by Crippen LogP contribution is 2.43. The Labute approximate surface area is 337 Å². The zero-order chi connectivity index (χ0) is 41.7. The fourth-order valence-corrected chi connectivity index (χ4v) is 6.57. The smallest absolute Gasteiger partial charge is 0.472 e. The van der Waals surface area contributed by atoms with Crippen LogP contribution in [0.1, 0.15) is 181 Å². The van der Waals surface area contributed by atoms with Gasteiger partial charge in [-0.1, -0.05) is 128 Å². The highest BCUT2D eigenvalue weighted by molar-refractivity contribution is 7.47. The molecule has 0 heterocycles.